The second-order valence-corrected chi connectivity index (χ2v) is 8.59. The first-order chi connectivity index (χ1) is 16.6. The average molecular weight is 495 g/mol. The number of rotatable bonds is 9. The number of hydrogen-bond acceptors (Lipinski definition) is 6. The summed E-state index contributed by atoms with van der Waals surface area (Å²) in [6, 6.07) is 22.8. The summed E-state index contributed by atoms with van der Waals surface area (Å²) >= 11 is 7.69. The third-order valence-electron chi connectivity index (χ3n) is 5.02. The zero-order valence-corrected chi connectivity index (χ0v) is 20.3. The van der Waals surface area contributed by atoms with Crippen LogP contribution in [0.25, 0.3) is 17.1 Å². The zero-order chi connectivity index (χ0) is 23.9. The van der Waals surface area contributed by atoms with Crippen molar-refractivity contribution in [3.8, 4) is 28.6 Å². The van der Waals surface area contributed by atoms with E-state index >= 15 is 0 Å². The molecule has 34 heavy (non-hydrogen) atoms. The molecule has 174 valence electrons. The molecule has 0 aliphatic heterocycles. The SMILES string of the molecule is COc1cccc(CNC(=O)CSc2nnc(-c3ccccc3)n2-c2ccc(OC)c(Cl)c2)c1. The summed E-state index contributed by atoms with van der Waals surface area (Å²) < 4.78 is 12.4. The summed E-state index contributed by atoms with van der Waals surface area (Å²) in [6.07, 6.45) is 0. The molecule has 0 saturated carbocycles. The van der Waals surface area contributed by atoms with Crippen molar-refractivity contribution in [1.82, 2.24) is 20.1 Å². The van der Waals surface area contributed by atoms with Crippen LogP contribution in [-0.2, 0) is 11.3 Å². The molecule has 0 saturated heterocycles. The number of nitrogens with one attached hydrogen (secondary N) is 1. The quantitative estimate of drug-likeness (QED) is 0.329. The van der Waals surface area contributed by atoms with Crippen LogP contribution in [0.3, 0.4) is 0 Å². The Labute approximate surface area is 207 Å². The van der Waals surface area contributed by atoms with E-state index in [0.29, 0.717) is 28.3 Å². The molecule has 0 aliphatic carbocycles. The number of aromatic nitrogens is 3. The Bertz CT molecular complexity index is 1280. The van der Waals surface area contributed by atoms with Gasteiger partial charge in [0.15, 0.2) is 11.0 Å². The molecule has 0 atom stereocenters. The molecule has 0 spiro atoms. The van der Waals surface area contributed by atoms with Crippen LogP contribution in [0.4, 0.5) is 0 Å². The molecule has 7 nitrogen and oxygen atoms in total. The molecular weight excluding hydrogens is 472 g/mol. The van der Waals surface area contributed by atoms with Gasteiger partial charge in [-0.15, -0.1) is 10.2 Å². The van der Waals surface area contributed by atoms with Gasteiger partial charge in [0.2, 0.25) is 5.91 Å². The van der Waals surface area contributed by atoms with E-state index in [-0.39, 0.29) is 11.7 Å². The predicted molar refractivity (Wildman–Crippen MR) is 134 cm³/mol. The van der Waals surface area contributed by atoms with Gasteiger partial charge in [0.1, 0.15) is 11.5 Å². The fourth-order valence-electron chi connectivity index (χ4n) is 3.33. The third kappa shape index (κ3) is 5.52. The Hall–Kier alpha value is -3.49. The van der Waals surface area contributed by atoms with Crippen LogP contribution < -0.4 is 14.8 Å². The van der Waals surface area contributed by atoms with Gasteiger partial charge >= 0.3 is 0 Å². The number of amides is 1. The normalized spacial score (nSPS) is 10.7. The Balaban J connectivity index is 1.54. The number of halogens is 1. The predicted octanol–water partition coefficient (Wildman–Crippen LogP) is 5.01. The minimum Gasteiger partial charge on any atom is -0.497 e. The lowest BCUT2D eigenvalue weighted by Crippen LogP contribution is -2.24. The number of ether oxygens (including phenoxy) is 2. The van der Waals surface area contributed by atoms with Gasteiger partial charge in [-0.3, -0.25) is 9.36 Å². The lowest BCUT2D eigenvalue weighted by molar-refractivity contribution is -0.118. The first-order valence-corrected chi connectivity index (χ1v) is 11.8. The maximum absolute atomic E-state index is 12.5. The lowest BCUT2D eigenvalue weighted by Gasteiger charge is -2.12. The fourth-order valence-corrected chi connectivity index (χ4v) is 4.36. The first-order valence-electron chi connectivity index (χ1n) is 10.5. The summed E-state index contributed by atoms with van der Waals surface area (Å²) in [6.45, 7) is 0.409. The highest BCUT2D eigenvalue weighted by Gasteiger charge is 2.18. The molecule has 0 fully saturated rings. The summed E-state index contributed by atoms with van der Waals surface area (Å²) in [5, 5.41) is 12.7. The third-order valence-corrected chi connectivity index (χ3v) is 6.24. The van der Waals surface area contributed by atoms with E-state index in [2.05, 4.69) is 15.5 Å². The monoisotopic (exact) mass is 494 g/mol. The van der Waals surface area contributed by atoms with Crippen LogP contribution in [0, 0.1) is 0 Å². The van der Waals surface area contributed by atoms with Crippen molar-refractivity contribution < 1.29 is 14.3 Å². The minimum absolute atomic E-state index is 0.114. The molecule has 3 aromatic carbocycles. The van der Waals surface area contributed by atoms with Crippen LogP contribution >= 0.6 is 23.4 Å². The van der Waals surface area contributed by atoms with E-state index in [1.165, 1.54) is 11.8 Å². The number of benzene rings is 3. The van der Waals surface area contributed by atoms with Gasteiger partial charge in [0.25, 0.3) is 0 Å². The number of thioether (sulfide) groups is 1. The van der Waals surface area contributed by atoms with Gasteiger partial charge in [-0.1, -0.05) is 65.8 Å². The van der Waals surface area contributed by atoms with E-state index in [0.717, 1.165) is 22.6 Å². The smallest absolute Gasteiger partial charge is 0.230 e. The van der Waals surface area contributed by atoms with Gasteiger partial charge in [0.05, 0.1) is 30.7 Å². The molecule has 0 bridgehead atoms. The number of nitrogens with zero attached hydrogens (tertiary/aromatic N) is 3. The van der Waals surface area contributed by atoms with Crippen molar-refractivity contribution in [1.29, 1.82) is 0 Å². The number of hydrogen-bond donors (Lipinski definition) is 1. The van der Waals surface area contributed by atoms with Gasteiger partial charge < -0.3 is 14.8 Å². The molecule has 0 aliphatic rings. The molecule has 4 aromatic rings. The van der Waals surface area contributed by atoms with Crippen molar-refractivity contribution in [3.05, 3.63) is 83.4 Å². The molecule has 1 aromatic heterocycles. The Morgan fingerprint density at radius 1 is 1.00 bits per heavy atom. The van der Waals surface area contributed by atoms with Gasteiger partial charge in [0, 0.05) is 12.1 Å². The minimum atomic E-state index is -0.114. The van der Waals surface area contributed by atoms with Crippen molar-refractivity contribution in [2.24, 2.45) is 0 Å². The molecule has 1 amide bonds. The summed E-state index contributed by atoms with van der Waals surface area (Å²) in [5.41, 5.74) is 2.63. The maximum atomic E-state index is 12.5. The maximum Gasteiger partial charge on any atom is 0.230 e. The lowest BCUT2D eigenvalue weighted by atomic mass is 10.2. The second-order valence-electron chi connectivity index (χ2n) is 7.24. The number of carbonyl (C=O) groups excluding carboxylic acids is 1. The van der Waals surface area contributed by atoms with Crippen molar-refractivity contribution in [3.63, 3.8) is 0 Å². The van der Waals surface area contributed by atoms with E-state index in [1.807, 2.05) is 65.2 Å². The topological polar surface area (TPSA) is 78.3 Å². The molecule has 0 radical (unpaired) electrons. The first kappa shape index (κ1) is 23.7. The largest absolute Gasteiger partial charge is 0.497 e. The summed E-state index contributed by atoms with van der Waals surface area (Å²) in [4.78, 5) is 12.5. The van der Waals surface area contributed by atoms with Gasteiger partial charge in [-0.25, -0.2) is 0 Å². The highest BCUT2D eigenvalue weighted by Crippen LogP contribution is 2.32. The van der Waals surface area contributed by atoms with E-state index < -0.39 is 0 Å². The Morgan fingerprint density at radius 2 is 1.82 bits per heavy atom. The van der Waals surface area contributed by atoms with Crippen molar-refractivity contribution in [2.75, 3.05) is 20.0 Å². The van der Waals surface area contributed by atoms with Crippen LogP contribution in [-0.4, -0.2) is 40.6 Å². The van der Waals surface area contributed by atoms with Crippen LogP contribution in [0.15, 0.2) is 78.0 Å². The highest BCUT2D eigenvalue weighted by molar-refractivity contribution is 7.99. The number of methoxy groups -OCH3 is 2. The molecule has 4 rings (SSSR count). The van der Waals surface area contributed by atoms with Crippen molar-refractivity contribution in [2.45, 2.75) is 11.7 Å². The standard InChI is InChI=1S/C25H23ClN4O3S/c1-32-20-10-6-7-17(13-20)15-27-23(31)16-34-25-29-28-24(18-8-4-3-5-9-18)30(25)19-11-12-22(33-2)21(26)14-19/h3-14H,15-16H2,1-2H3,(H,27,31). The van der Waals surface area contributed by atoms with E-state index in [4.69, 9.17) is 21.1 Å². The van der Waals surface area contributed by atoms with E-state index in [9.17, 15) is 4.79 Å². The van der Waals surface area contributed by atoms with Crippen LogP contribution in [0.5, 0.6) is 11.5 Å². The average Bonchev–Trinajstić information content (AvgIpc) is 3.31. The van der Waals surface area contributed by atoms with Crippen LogP contribution in [0.1, 0.15) is 5.56 Å². The van der Waals surface area contributed by atoms with Crippen LogP contribution in [0.2, 0.25) is 5.02 Å². The fraction of sp³-hybridized carbons (Fsp3) is 0.160. The van der Waals surface area contributed by atoms with E-state index in [1.54, 1.807) is 26.4 Å². The van der Waals surface area contributed by atoms with Gasteiger partial charge in [-0.2, -0.15) is 0 Å². The summed E-state index contributed by atoms with van der Waals surface area (Å²) in [7, 11) is 3.19. The highest BCUT2D eigenvalue weighted by atomic mass is 35.5. The van der Waals surface area contributed by atoms with Gasteiger partial charge in [-0.05, 0) is 35.9 Å². The molecule has 9 heteroatoms. The summed E-state index contributed by atoms with van der Waals surface area (Å²) in [5.74, 6) is 2.05. The molecular formula is C25H23ClN4O3S. The Kier molecular flexibility index (Phi) is 7.72. The zero-order valence-electron chi connectivity index (χ0n) is 18.7. The number of carbonyl (C=O) groups is 1. The molecule has 1 heterocycles. The Morgan fingerprint density at radius 3 is 2.56 bits per heavy atom. The second kappa shape index (κ2) is 11.1. The van der Waals surface area contributed by atoms with Crippen molar-refractivity contribution >= 4 is 29.3 Å². The molecule has 1 N–H and O–H groups in total. The molecule has 0 unspecified atom stereocenters.